The summed E-state index contributed by atoms with van der Waals surface area (Å²) in [7, 11) is 0. The van der Waals surface area contributed by atoms with E-state index in [2.05, 4.69) is 26.1 Å². The lowest BCUT2D eigenvalue weighted by molar-refractivity contribution is -0.119. The normalized spacial score (nSPS) is 12.5. The quantitative estimate of drug-likeness (QED) is 0.877. The van der Waals surface area contributed by atoms with E-state index in [0.29, 0.717) is 11.1 Å². The van der Waals surface area contributed by atoms with Crippen molar-refractivity contribution in [3.05, 3.63) is 71.0 Å². The number of nitrogens with two attached hydrogens (primary N) is 1. The van der Waals surface area contributed by atoms with E-state index in [9.17, 15) is 14.0 Å². The van der Waals surface area contributed by atoms with Gasteiger partial charge < -0.3 is 11.1 Å². The molecular weight excluding hydrogens is 319 g/mol. The fourth-order valence-electron chi connectivity index (χ4n) is 2.44. The lowest BCUT2D eigenvalue weighted by Gasteiger charge is -2.19. The molecule has 2 aromatic carbocycles. The van der Waals surface area contributed by atoms with E-state index < -0.39 is 11.9 Å². The van der Waals surface area contributed by atoms with Gasteiger partial charge in [-0.25, -0.2) is 4.39 Å². The zero-order valence-corrected chi connectivity index (χ0v) is 14.7. The Kier molecular flexibility index (Phi) is 5.57. The van der Waals surface area contributed by atoms with Crippen molar-refractivity contribution in [1.29, 1.82) is 0 Å². The minimum atomic E-state index is -0.861. The summed E-state index contributed by atoms with van der Waals surface area (Å²) in [5.41, 5.74) is 7.67. The van der Waals surface area contributed by atoms with Gasteiger partial charge >= 0.3 is 0 Å². The van der Waals surface area contributed by atoms with Gasteiger partial charge in [0.2, 0.25) is 5.91 Å². The first-order chi connectivity index (χ1) is 11.7. The fraction of sp³-hybridized carbons (Fsp3) is 0.300. The lowest BCUT2D eigenvalue weighted by atomic mass is 9.86. The molecule has 25 heavy (non-hydrogen) atoms. The zero-order valence-electron chi connectivity index (χ0n) is 14.7. The Labute approximate surface area is 147 Å². The van der Waals surface area contributed by atoms with E-state index in [1.54, 1.807) is 24.3 Å². The van der Waals surface area contributed by atoms with E-state index in [-0.39, 0.29) is 23.6 Å². The minimum absolute atomic E-state index is 0.00660. The summed E-state index contributed by atoms with van der Waals surface area (Å²) in [4.78, 5) is 24.0. The third-order valence-corrected chi connectivity index (χ3v) is 4.01. The second-order valence-electron chi connectivity index (χ2n) is 7.09. The van der Waals surface area contributed by atoms with E-state index in [0.717, 1.165) is 5.56 Å². The van der Waals surface area contributed by atoms with Crippen LogP contribution in [0.3, 0.4) is 0 Å². The fourth-order valence-corrected chi connectivity index (χ4v) is 2.44. The van der Waals surface area contributed by atoms with Crippen LogP contribution in [0.2, 0.25) is 0 Å². The smallest absolute Gasteiger partial charge is 0.251 e. The van der Waals surface area contributed by atoms with Crippen molar-refractivity contribution in [2.45, 2.75) is 38.6 Å². The monoisotopic (exact) mass is 342 g/mol. The van der Waals surface area contributed by atoms with Crippen molar-refractivity contribution in [2.75, 3.05) is 0 Å². The molecule has 0 aliphatic carbocycles. The molecule has 0 saturated heterocycles. The van der Waals surface area contributed by atoms with Crippen LogP contribution in [0.4, 0.5) is 4.39 Å². The largest absolute Gasteiger partial charge is 0.368 e. The molecule has 2 aromatic rings. The predicted molar refractivity (Wildman–Crippen MR) is 95.7 cm³/mol. The molecule has 2 amide bonds. The van der Waals surface area contributed by atoms with Crippen molar-refractivity contribution >= 4 is 11.8 Å². The molecular formula is C20H23FN2O2. The van der Waals surface area contributed by atoms with E-state index >= 15 is 0 Å². The molecule has 0 fully saturated rings. The molecule has 3 N–H and O–H groups in total. The number of rotatable bonds is 5. The Morgan fingerprint density at radius 1 is 1.04 bits per heavy atom. The molecule has 0 radical (unpaired) electrons. The molecule has 0 unspecified atom stereocenters. The maximum atomic E-state index is 13.0. The van der Waals surface area contributed by atoms with Crippen molar-refractivity contribution in [1.82, 2.24) is 5.32 Å². The van der Waals surface area contributed by atoms with Crippen molar-refractivity contribution < 1.29 is 14.0 Å². The standard InChI is InChI=1S/C20H23FN2O2/c1-20(2,3)15-8-6-14(7-9-15)19(25)23-17(18(22)24)12-13-4-10-16(21)11-5-13/h4-11,17H,12H2,1-3H3,(H2,22,24)(H,23,25)/t17-/m0/s1. The van der Waals surface area contributed by atoms with Crippen LogP contribution < -0.4 is 11.1 Å². The summed E-state index contributed by atoms with van der Waals surface area (Å²) in [6.45, 7) is 6.27. The summed E-state index contributed by atoms with van der Waals surface area (Å²) in [5, 5.41) is 2.65. The first-order valence-electron chi connectivity index (χ1n) is 8.12. The number of amides is 2. The van der Waals surface area contributed by atoms with Gasteiger partial charge in [-0.15, -0.1) is 0 Å². The maximum Gasteiger partial charge on any atom is 0.251 e. The Balaban J connectivity index is 2.09. The molecule has 0 heterocycles. The Morgan fingerprint density at radius 2 is 1.60 bits per heavy atom. The summed E-state index contributed by atoms with van der Waals surface area (Å²) in [6.07, 6.45) is 0.210. The van der Waals surface area contributed by atoms with Crippen LogP contribution in [0.1, 0.15) is 42.3 Å². The number of halogens is 1. The summed E-state index contributed by atoms with van der Waals surface area (Å²) in [5.74, 6) is -1.36. The molecule has 5 heteroatoms. The van der Waals surface area contributed by atoms with Gasteiger partial charge in [0.1, 0.15) is 11.9 Å². The van der Waals surface area contributed by atoms with Crippen LogP contribution in [0.25, 0.3) is 0 Å². The van der Waals surface area contributed by atoms with Gasteiger partial charge in [-0.2, -0.15) is 0 Å². The Morgan fingerprint density at radius 3 is 2.08 bits per heavy atom. The van der Waals surface area contributed by atoms with E-state index in [4.69, 9.17) is 5.73 Å². The number of carbonyl (C=O) groups excluding carboxylic acids is 2. The molecule has 2 rings (SSSR count). The van der Waals surface area contributed by atoms with Gasteiger partial charge in [-0.1, -0.05) is 45.0 Å². The average Bonchev–Trinajstić information content (AvgIpc) is 2.55. The van der Waals surface area contributed by atoms with Crippen molar-refractivity contribution in [3.63, 3.8) is 0 Å². The number of benzene rings is 2. The molecule has 0 saturated carbocycles. The highest BCUT2D eigenvalue weighted by Gasteiger charge is 2.20. The minimum Gasteiger partial charge on any atom is -0.368 e. The Bertz CT molecular complexity index is 747. The number of hydrogen-bond acceptors (Lipinski definition) is 2. The topological polar surface area (TPSA) is 72.2 Å². The molecule has 0 bridgehead atoms. The van der Waals surface area contributed by atoms with Crippen LogP contribution in [0, 0.1) is 5.82 Å². The summed E-state index contributed by atoms with van der Waals surface area (Å²) >= 11 is 0. The highest BCUT2D eigenvalue weighted by Crippen LogP contribution is 2.22. The van der Waals surface area contributed by atoms with Crippen LogP contribution in [0.5, 0.6) is 0 Å². The third-order valence-electron chi connectivity index (χ3n) is 4.01. The molecule has 0 aliphatic rings. The molecule has 4 nitrogen and oxygen atoms in total. The number of carbonyl (C=O) groups is 2. The molecule has 1 atom stereocenters. The van der Waals surface area contributed by atoms with Gasteiger partial charge in [0, 0.05) is 12.0 Å². The molecule has 0 aromatic heterocycles. The van der Waals surface area contributed by atoms with Crippen molar-refractivity contribution in [2.24, 2.45) is 5.73 Å². The number of primary amides is 1. The van der Waals surface area contributed by atoms with E-state index in [1.807, 2.05) is 12.1 Å². The maximum absolute atomic E-state index is 13.0. The summed E-state index contributed by atoms with van der Waals surface area (Å²) in [6, 6.07) is 12.1. The second kappa shape index (κ2) is 7.47. The van der Waals surface area contributed by atoms with Crippen molar-refractivity contribution in [3.8, 4) is 0 Å². The molecule has 132 valence electrons. The first-order valence-corrected chi connectivity index (χ1v) is 8.12. The van der Waals surface area contributed by atoms with Gasteiger partial charge in [-0.05, 0) is 40.8 Å². The highest BCUT2D eigenvalue weighted by molar-refractivity contribution is 5.97. The van der Waals surface area contributed by atoms with Gasteiger partial charge in [0.25, 0.3) is 5.91 Å². The number of hydrogen-bond donors (Lipinski definition) is 2. The van der Waals surface area contributed by atoms with Crippen LogP contribution in [0.15, 0.2) is 48.5 Å². The van der Waals surface area contributed by atoms with Crippen LogP contribution >= 0.6 is 0 Å². The average molecular weight is 342 g/mol. The van der Waals surface area contributed by atoms with Gasteiger partial charge in [0.15, 0.2) is 0 Å². The van der Waals surface area contributed by atoms with E-state index in [1.165, 1.54) is 12.1 Å². The van der Waals surface area contributed by atoms with Crippen LogP contribution in [-0.4, -0.2) is 17.9 Å². The zero-order chi connectivity index (χ0) is 18.6. The summed E-state index contributed by atoms with van der Waals surface area (Å²) < 4.78 is 13.0. The Hall–Kier alpha value is -2.69. The third kappa shape index (κ3) is 5.14. The molecule has 0 aliphatic heterocycles. The van der Waals surface area contributed by atoms with Gasteiger partial charge in [-0.3, -0.25) is 9.59 Å². The number of nitrogens with one attached hydrogen (secondary N) is 1. The predicted octanol–water partition coefficient (Wildman–Crippen LogP) is 2.95. The second-order valence-corrected chi connectivity index (χ2v) is 7.09. The van der Waals surface area contributed by atoms with Gasteiger partial charge in [0.05, 0.1) is 0 Å². The first kappa shape index (κ1) is 18.6. The lowest BCUT2D eigenvalue weighted by Crippen LogP contribution is -2.45. The highest BCUT2D eigenvalue weighted by atomic mass is 19.1. The SMILES string of the molecule is CC(C)(C)c1ccc(C(=O)N[C@@H](Cc2ccc(F)cc2)C(N)=O)cc1. The molecule has 0 spiro atoms. The van der Waals surface area contributed by atoms with Crippen LogP contribution in [-0.2, 0) is 16.6 Å².